The summed E-state index contributed by atoms with van der Waals surface area (Å²) >= 11 is 5.35. The number of thiophene rings is 1. The molecule has 0 saturated carbocycles. The SMILES string of the molecule is CCNC1CCCc2cn(Cc3ccc(Br)s3)cc21. The van der Waals surface area contributed by atoms with Gasteiger partial charge in [0.15, 0.2) is 0 Å². The predicted molar refractivity (Wildman–Crippen MR) is 84.9 cm³/mol. The molecule has 102 valence electrons. The minimum atomic E-state index is 0.560. The van der Waals surface area contributed by atoms with Crippen LogP contribution in [0.5, 0.6) is 0 Å². The molecule has 0 aromatic carbocycles. The summed E-state index contributed by atoms with van der Waals surface area (Å²) in [5.41, 5.74) is 3.05. The normalized spacial score (nSPS) is 18.5. The van der Waals surface area contributed by atoms with Crippen LogP contribution < -0.4 is 5.32 Å². The van der Waals surface area contributed by atoms with Gasteiger partial charge in [-0.3, -0.25) is 0 Å². The van der Waals surface area contributed by atoms with E-state index in [1.807, 2.05) is 11.3 Å². The van der Waals surface area contributed by atoms with Crippen LogP contribution in [0.25, 0.3) is 0 Å². The van der Waals surface area contributed by atoms with E-state index in [0.717, 1.165) is 13.1 Å². The van der Waals surface area contributed by atoms with E-state index in [1.165, 1.54) is 39.1 Å². The molecule has 0 radical (unpaired) electrons. The monoisotopic (exact) mass is 338 g/mol. The van der Waals surface area contributed by atoms with Crippen molar-refractivity contribution in [3.63, 3.8) is 0 Å². The maximum absolute atomic E-state index is 3.60. The Hall–Kier alpha value is -0.580. The number of nitrogens with zero attached hydrogens (tertiary/aromatic N) is 1. The molecular weight excluding hydrogens is 320 g/mol. The molecule has 1 unspecified atom stereocenters. The van der Waals surface area contributed by atoms with E-state index in [9.17, 15) is 0 Å². The first-order chi connectivity index (χ1) is 9.26. The molecule has 1 aliphatic rings. The van der Waals surface area contributed by atoms with Crippen LogP contribution in [0.15, 0.2) is 28.3 Å². The van der Waals surface area contributed by atoms with Gasteiger partial charge in [0.2, 0.25) is 0 Å². The van der Waals surface area contributed by atoms with E-state index in [0.29, 0.717) is 6.04 Å². The maximum Gasteiger partial charge on any atom is 0.0702 e. The zero-order chi connectivity index (χ0) is 13.2. The molecule has 1 atom stereocenters. The van der Waals surface area contributed by atoms with Gasteiger partial charge in [-0.05, 0) is 65.0 Å². The van der Waals surface area contributed by atoms with E-state index in [2.05, 4.69) is 57.3 Å². The molecule has 4 heteroatoms. The number of rotatable bonds is 4. The van der Waals surface area contributed by atoms with Crippen LogP contribution in [0.3, 0.4) is 0 Å². The number of aromatic nitrogens is 1. The smallest absolute Gasteiger partial charge is 0.0702 e. The Morgan fingerprint density at radius 3 is 3.05 bits per heavy atom. The zero-order valence-corrected chi connectivity index (χ0v) is 13.6. The fraction of sp³-hybridized carbons (Fsp3) is 0.467. The largest absolute Gasteiger partial charge is 0.348 e. The molecular formula is C15H19BrN2S. The van der Waals surface area contributed by atoms with Gasteiger partial charge in [-0.2, -0.15) is 0 Å². The summed E-state index contributed by atoms with van der Waals surface area (Å²) < 4.78 is 3.56. The molecule has 0 aliphatic heterocycles. The highest BCUT2D eigenvalue weighted by Crippen LogP contribution is 2.31. The van der Waals surface area contributed by atoms with E-state index < -0.39 is 0 Å². The van der Waals surface area contributed by atoms with E-state index in [4.69, 9.17) is 0 Å². The second-order valence-electron chi connectivity index (χ2n) is 5.12. The third-order valence-electron chi connectivity index (χ3n) is 3.73. The zero-order valence-electron chi connectivity index (χ0n) is 11.2. The van der Waals surface area contributed by atoms with E-state index in [1.54, 1.807) is 0 Å². The van der Waals surface area contributed by atoms with Crippen LogP contribution >= 0.6 is 27.3 Å². The van der Waals surface area contributed by atoms with Crippen molar-refractivity contribution in [2.24, 2.45) is 0 Å². The second-order valence-corrected chi connectivity index (χ2v) is 7.67. The molecule has 2 aromatic rings. The van der Waals surface area contributed by atoms with Crippen LogP contribution in [-0.4, -0.2) is 11.1 Å². The van der Waals surface area contributed by atoms with Crippen molar-refractivity contribution in [2.45, 2.75) is 38.8 Å². The average Bonchev–Trinajstić information content (AvgIpc) is 2.97. The van der Waals surface area contributed by atoms with Crippen molar-refractivity contribution < 1.29 is 0 Å². The minimum Gasteiger partial charge on any atom is -0.348 e. The second kappa shape index (κ2) is 5.81. The summed E-state index contributed by atoms with van der Waals surface area (Å²) in [5, 5.41) is 3.60. The van der Waals surface area contributed by atoms with Crippen LogP contribution in [0, 0.1) is 0 Å². The lowest BCUT2D eigenvalue weighted by molar-refractivity contribution is 0.473. The van der Waals surface area contributed by atoms with Gasteiger partial charge < -0.3 is 9.88 Å². The summed E-state index contributed by atoms with van der Waals surface area (Å²) in [6, 6.07) is 4.89. The van der Waals surface area contributed by atoms with Crippen molar-refractivity contribution in [1.29, 1.82) is 0 Å². The molecule has 1 N–H and O–H groups in total. The molecule has 0 bridgehead atoms. The van der Waals surface area contributed by atoms with Gasteiger partial charge in [-0.25, -0.2) is 0 Å². The molecule has 0 spiro atoms. The van der Waals surface area contributed by atoms with Crippen molar-refractivity contribution in [3.8, 4) is 0 Å². The van der Waals surface area contributed by atoms with Gasteiger partial charge >= 0.3 is 0 Å². The molecule has 3 rings (SSSR count). The Morgan fingerprint density at radius 1 is 1.42 bits per heavy atom. The lowest BCUT2D eigenvalue weighted by Crippen LogP contribution is -2.23. The number of fused-ring (bicyclic) bond motifs is 1. The summed E-state index contributed by atoms with van der Waals surface area (Å²) in [6.45, 7) is 4.23. The minimum absolute atomic E-state index is 0.560. The first kappa shape index (κ1) is 13.4. The van der Waals surface area contributed by atoms with Gasteiger partial charge in [-0.15, -0.1) is 11.3 Å². The van der Waals surface area contributed by atoms with Crippen LogP contribution in [0.4, 0.5) is 0 Å². The van der Waals surface area contributed by atoms with Gasteiger partial charge in [0, 0.05) is 23.3 Å². The summed E-state index contributed by atoms with van der Waals surface area (Å²) in [6.07, 6.45) is 8.49. The fourth-order valence-corrected chi connectivity index (χ4v) is 4.41. The molecule has 19 heavy (non-hydrogen) atoms. The molecule has 0 amide bonds. The third-order valence-corrected chi connectivity index (χ3v) is 5.34. The Morgan fingerprint density at radius 2 is 2.32 bits per heavy atom. The molecule has 0 fully saturated rings. The number of aryl methyl sites for hydroxylation is 1. The standard InChI is InChI=1S/C15H19BrN2S/c1-2-17-14-5-3-4-11-8-18(10-13(11)14)9-12-6-7-15(16)19-12/h6-8,10,14,17H,2-5,9H2,1H3. The Kier molecular flexibility index (Phi) is 4.10. The predicted octanol–water partition coefficient (Wildman–Crippen LogP) is 4.35. The lowest BCUT2D eigenvalue weighted by Gasteiger charge is -2.22. The topological polar surface area (TPSA) is 17.0 Å². The molecule has 0 saturated heterocycles. The van der Waals surface area contributed by atoms with Crippen LogP contribution in [0.1, 0.15) is 41.8 Å². The van der Waals surface area contributed by atoms with E-state index >= 15 is 0 Å². The molecule has 2 nitrogen and oxygen atoms in total. The highest BCUT2D eigenvalue weighted by molar-refractivity contribution is 9.11. The van der Waals surface area contributed by atoms with Gasteiger partial charge in [0.05, 0.1) is 10.3 Å². The molecule has 2 aromatic heterocycles. The van der Waals surface area contributed by atoms with Crippen molar-refractivity contribution in [3.05, 3.63) is 44.3 Å². The van der Waals surface area contributed by atoms with Crippen molar-refractivity contribution >= 4 is 27.3 Å². The molecule has 2 heterocycles. The highest BCUT2D eigenvalue weighted by atomic mass is 79.9. The number of nitrogens with one attached hydrogen (secondary N) is 1. The Labute approximate surface area is 127 Å². The third kappa shape index (κ3) is 2.96. The van der Waals surface area contributed by atoms with Crippen LogP contribution in [0.2, 0.25) is 0 Å². The van der Waals surface area contributed by atoms with Crippen molar-refractivity contribution in [1.82, 2.24) is 9.88 Å². The van der Waals surface area contributed by atoms with Crippen molar-refractivity contribution in [2.75, 3.05) is 6.54 Å². The number of hydrogen-bond acceptors (Lipinski definition) is 2. The lowest BCUT2D eigenvalue weighted by atomic mass is 9.91. The van der Waals surface area contributed by atoms with Gasteiger partial charge in [0.1, 0.15) is 0 Å². The summed E-state index contributed by atoms with van der Waals surface area (Å²) in [7, 11) is 0. The number of halogens is 1. The first-order valence-corrected chi connectivity index (χ1v) is 8.53. The highest BCUT2D eigenvalue weighted by Gasteiger charge is 2.21. The van der Waals surface area contributed by atoms with Gasteiger partial charge in [0.25, 0.3) is 0 Å². The Balaban J connectivity index is 1.81. The maximum atomic E-state index is 3.60. The summed E-state index contributed by atoms with van der Waals surface area (Å²) in [4.78, 5) is 1.40. The summed E-state index contributed by atoms with van der Waals surface area (Å²) in [5.74, 6) is 0. The molecule has 1 aliphatic carbocycles. The van der Waals surface area contributed by atoms with E-state index in [-0.39, 0.29) is 0 Å². The fourth-order valence-electron chi connectivity index (χ4n) is 2.91. The average molecular weight is 339 g/mol. The van der Waals surface area contributed by atoms with Crippen LogP contribution in [-0.2, 0) is 13.0 Å². The first-order valence-electron chi connectivity index (χ1n) is 6.92. The quantitative estimate of drug-likeness (QED) is 0.876. The number of hydrogen-bond donors (Lipinski definition) is 1. The Bertz CT molecular complexity index is 558. The van der Waals surface area contributed by atoms with Gasteiger partial charge in [-0.1, -0.05) is 6.92 Å².